The molecule has 0 unspecified atom stereocenters. The zero-order valence-electron chi connectivity index (χ0n) is 19.3. The van der Waals surface area contributed by atoms with Gasteiger partial charge in [0.1, 0.15) is 18.0 Å². The summed E-state index contributed by atoms with van der Waals surface area (Å²) in [6, 6.07) is 6.62. The van der Waals surface area contributed by atoms with Gasteiger partial charge in [0.2, 0.25) is 5.91 Å². The third kappa shape index (κ3) is 7.30. The van der Waals surface area contributed by atoms with Gasteiger partial charge in [-0.2, -0.15) is 5.10 Å². The monoisotopic (exact) mass is 516 g/mol. The van der Waals surface area contributed by atoms with Crippen LogP contribution in [0.2, 0.25) is 5.02 Å². The molecule has 0 aliphatic heterocycles. The van der Waals surface area contributed by atoms with Crippen LogP contribution in [-0.4, -0.2) is 46.4 Å². The van der Waals surface area contributed by atoms with Gasteiger partial charge in [-0.3, -0.25) is 9.48 Å². The summed E-state index contributed by atoms with van der Waals surface area (Å²) in [5.74, 6) is 1.11. The fraction of sp³-hybridized carbons (Fsp3) is 0.333. The fourth-order valence-corrected chi connectivity index (χ4v) is 3.94. The number of nitrogens with one attached hydrogen (secondary N) is 1. The molecule has 1 fully saturated rings. The first kappa shape index (κ1) is 24.7. The van der Waals surface area contributed by atoms with E-state index >= 15 is 0 Å². The number of aromatic nitrogens is 3. The molecule has 2 aromatic heterocycles. The zero-order valence-corrected chi connectivity index (χ0v) is 20.8. The molecule has 4 rings (SSSR count). The number of hydrogen-bond donors (Lipinski definition) is 1. The first-order valence-corrected chi connectivity index (χ1v) is 12.2. The number of amides is 1. The molecule has 35 heavy (non-hydrogen) atoms. The number of carbonyl (C=O) groups is 2. The average molecular weight is 517 g/mol. The molecule has 2 heterocycles. The van der Waals surface area contributed by atoms with Gasteiger partial charge < -0.3 is 19.5 Å². The zero-order chi connectivity index (χ0) is 24.8. The normalized spacial score (nSPS) is 14.0. The second-order valence-electron chi connectivity index (χ2n) is 8.08. The summed E-state index contributed by atoms with van der Waals surface area (Å²) in [6.07, 6.45) is 9.39. The van der Waals surface area contributed by atoms with E-state index in [1.54, 1.807) is 24.5 Å². The second-order valence-corrected chi connectivity index (χ2v) is 9.51. The minimum Gasteiger partial charge on any atom is -0.493 e. The van der Waals surface area contributed by atoms with Crippen molar-refractivity contribution in [1.82, 2.24) is 20.1 Å². The lowest BCUT2D eigenvalue weighted by Gasteiger charge is -2.09. The van der Waals surface area contributed by atoms with E-state index in [1.165, 1.54) is 42.0 Å². The first-order chi connectivity index (χ1) is 16.9. The molecule has 9 nitrogen and oxygen atoms in total. The van der Waals surface area contributed by atoms with E-state index in [1.807, 2.05) is 25.1 Å². The molecule has 1 atom stereocenters. The van der Waals surface area contributed by atoms with E-state index in [2.05, 4.69) is 20.1 Å². The van der Waals surface area contributed by atoms with Gasteiger partial charge in [-0.1, -0.05) is 29.0 Å². The van der Waals surface area contributed by atoms with Crippen LogP contribution >= 0.6 is 22.9 Å². The maximum Gasteiger partial charge on any atom is 0.358 e. The van der Waals surface area contributed by atoms with Crippen LogP contribution < -0.4 is 14.8 Å². The summed E-state index contributed by atoms with van der Waals surface area (Å²) >= 11 is 7.69. The van der Waals surface area contributed by atoms with E-state index in [0.717, 1.165) is 17.2 Å². The van der Waals surface area contributed by atoms with Crippen molar-refractivity contribution in [1.29, 1.82) is 0 Å². The van der Waals surface area contributed by atoms with Crippen LogP contribution in [0.15, 0.2) is 42.7 Å². The van der Waals surface area contributed by atoms with Crippen molar-refractivity contribution < 1.29 is 23.8 Å². The Balaban J connectivity index is 1.25. The predicted molar refractivity (Wildman–Crippen MR) is 132 cm³/mol. The van der Waals surface area contributed by atoms with Crippen molar-refractivity contribution in [2.45, 2.75) is 32.4 Å². The van der Waals surface area contributed by atoms with Gasteiger partial charge in [-0.25, -0.2) is 9.78 Å². The van der Waals surface area contributed by atoms with Gasteiger partial charge >= 0.3 is 5.97 Å². The Kier molecular flexibility index (Phi) is 8.04. The summed E-state index contributed by atoms with van der Waals surface area (Å²) in [7, 11) is 1.28. The predicted octanol–water partition coefficient (Wildman–Crippen LogP) is 4.58. The highest BCUT2D eigenvalue weighted by Gasteiger charge is 2.22. The van der Waals surface area contributed by atoms with Gasteiger partial charge in [-0.15, -0.1) is 0 Å². The Labute approximate surface area is 211 Å². The van der Waals surface area contributed by atoms with Crippen LogP contribution in [-0.2, 0) is 16.1 Å². The number of rotatable bonds is 11. The molecule has 0 radical (unpaired) electrons. The number of carbonyl (C=O) groups excluding carboxylic acids is 2. The number of thiazole rings is 1. The molecule has 1 saturated carbocycles. The Bertz CT molecular complexity index is 1220. The molecule has 3 aromatic rings. The van der Waals surface area contributed by atoms with Crippen LogP contribution in [0, 0.1) is 5.92 Å². The summed E-state index contributed by atoms with van der Waals surface area (Å²) < 4.78 is 17.5. The van der Waals surface area contributed by atoms with Crippen molar-refractivity contribution in [2.24, 2.45) is 5.92 Å². The number of halogens is 1. The molecule has 0 saturated heterocycles. The lowest BCUT2D eigenvalue weighted by atomic mass is 10.3. The molecule has 1 N–H and O–H groups in total. The minimum absolute atomic E-state index is 0.0150. The highest BCUT2D eigenvalue weighted by molar-refractivity contribution is 7.14. The molecular formula is C24H25ClN4O5S. The molecular weight excluding hydrogens is 492 g/mol. The number of hydrogen-bond acceptors (Lipinski definition) is 8. The lowest BCUT2D eigenvalue weighted by molar-refractivity contribution is -0.122. The Hall–Kier alpha value is -3.37. The average Bonchev–Trinajstić information content (AvgIpc) is 3.37. The van der Waals surface area contributed by atoms with Crippen LogP contribution in [0.3, 0.4) is 0 Å². The maximum atomic E-state index is 12.3. The molecule has 1 aliphatic carbocycles. The van der Waals surface area contributed by atoms with E-state index in [-0.39, 0.29) is 24.2 Å². The van der Waals surface area contributed by atoms with E-state index in [9.17, 15) is 9.59 Å². The Morgan fingerprint density at radius 1 is 1.34 bits per heavy atom. The summed E-state index contributed by atoms with van der Waals surface area (Å²) in [5.41, 5.74) is 0.149. The van der Waals surface area contributed by atoms with Crippen molar-refractivity contribution in [3.8, 4) is 16.7 Å². The van der Waals surface area contributed by atoms with Gasteiger partial charge in [-0.05, 0) is 50.0 Å². The number of benzene rings is 1. The Morgan fingerprint density at radius 2 is 2.17 bits per heavy atom. The largest absolute Gasteiger partial charge is 0.493 e. The molecule has 1 amide bonds. The standard InChI is InChI=1S/C24H25ClN4O5S/c1-15(27-22(30)13-29-10-9-20(28-29)23(31)32-2)3-7-18-12-26-24(35-18)34-21-8-6-17(11-19(21)25)33-14-16-4-5-16/h3,6-12,15-16H,4-5,13-14H2,1-2H3,(H,27,30)/b7-3+/t15-/m0/s1. The highest BCUT2D eigenvalue weighted by Crippen LogP contribution is 2.35. The third-order valence-electron chi connectivity index (χ3n) is 5.06. The number of nitrogens with zero attached hydrogens (tertiary/aromatic N) is 3. The second kappa shape index (κ2) is 11.4. The van der Waals surface area contributed by atoms with E-state index < -0.39 is 5.97 Å². The Morgan fingerprint density at radius 3 is 2.91 bits per heavy atom. The van der Waals surface area contributed by atoms with Crippen molar-refractivity contribution in [3.05, 3.63) is 58.3 Å². The van der Waals surface area contributed by atoms with E-state index in [0.29, 0.717) is 21.9 Å². The van der Waals surface area contributed by atoms with Crippen LogP contribution in [0.25, 0.3) is 6.08 Å². The van der Waals surface area contributed by atoms with Gasteiger partial charge in [0.25, 0.3) is 5.19 Å². The SMILES string of the molecule is COC(=O)c1ccn(CC(=O)N[C@@H](C)/C=C/c2cnc(Oc3ccc(OCC4CC4)cc3Cl)s2)n1. The number of ether oxygens (including phenoxy) is 3. The summed E-state index contributed by atoms with van der Waals surface area (Å²) in [6.45, 7) is 2.55. The van der Waals surface area contributed by atoms with Crippen molar-refractivity contribution in [2.75, 3.05) is 13.7 Å². The molecule has 1 aliphatic rings. The van der Waals surface area contributed by atoms with Gasteiger partial charge in [0.05, 0.1) is 23.6 Å². The maximum absolute atomic E-state index is 12.3. The molecule has 0 spiro atoms. The van der Waals surface area contributed by atoms with Gasteiger partial charge in [0, 0.05) is 24.5 Å². The van der Waals surface area contributed by atoms with Crippen molar-refractivity contribution >= 4 is 40.9 Å². The molecule has 184 valence electrons. The first-order valence-electron chi connectivity index (χ1n) is 11.0. The van der Waals surface area contributed by atoms with E-state index in [4.69, 9.17) is 21.1 Å². The lowest BCUT2D eigenvalue weighted by Crippen LogP contribution is -2.34. The molecule has 0 bridgehead atoms. The number of esters is 1. The summed E-state index contributed by atoms with van der Waals surface area (Å²) in [4.78, 5) is 28.8. The molecule has 11 heteroatoms. The van der Waals surface area contributed by atoms with Crippen LogP contribution in [0.4, 0.5) is 0 Å². The van der Waals surface area contributed by atoms with Crippen LogP contribution in [0.5, 0.6) is 16.7 Å². The quantitative estimate of drug-likeness (QED) is 0.372. The molecule has 1 aromatic carbocycles. The number of methoxy groups -OCH3 is 1. The third-order valence-corrected chi connectivity index (χ3v) is 6.20. The topological polar surface area (TPSA) is 105 Å². The highest BCUT2D eigenvalue weighted by atomic mass is 35.5. The van der Waals surface area contributed by atoms with Crippen LogP contribution in [0.1, 0.15) is 35.1 Å². The minimum atomic E-state index is -0.550. The van der Waals surface area contributed by atoms with Gasteiger partial charge in [0.15, 0.2) is 5.69 Å². The fourth-order valence-electron chi connectivity index (χ4n) is 3.04. The summed E-state index contributed by atoms with van der Waals surface area (Å²) in [5, 5.41) is 7.78. The van der Waals surface area contributed by atoms with Crippen molar-refractivity contribution in [3.63, 3.8) is 0 Å². The smallest absolute Gasteiger partial charge is 0.358 e.